The Kier molecular flexibility index (Phi) is 4.07. The van der Waals surface area contributed by atoms with Crippen LogP contribution in [0.4, 0.5) is 0 Å². The van der Waals surface area contributed by atoms with E-state index in [2.05, 4.69) is 47.8 Å². The maximum Gasteiger partial charge on any atom is 0.134 e. The minimum absolute atomic E-state index is 0.439. The van der Waals surface area contributed by atoms with Crippen molar-refractivity contribution >= 4 is 0 Å². The molecule has 0 spiro atoms. The molecule has 0 fully saturated rings. The topological polar surface area (TPSA) is 42.7 Å². The highest BCUT2D eigenvalue weighted by atomic mass is 15.3. The molecule has 1 aromatic rings. The second-order valence-corrected chi connectivity index (χ2v) is 3.91. The third-order valence-corrected chi connectivity index (χ3v) is 2.24. The summed E-state index contributed by atoms with van der Waals surface area (Å²) in [6.07, 6.45) is 2.74. The lowest BCUT2D eigenvalue weighted by molar-refractivity contribution is 0.508. The van der Waals surface area contributed by atoms with Crippen molar-refractivity contribution in [3.63, 3.8) is 0 Å². The number of nitrogens with zero attached hydrogens (tertiary/aromatic N) is 3. The molecule has 1 unspecified atom stereocenters. The van der Waals surface area contributed by atoms with E-state index in [-0.39, 0.29) is 0 Å². The van der Waals surface area contributed by atoms with Crippen molar-refractivity contribution in [2.75, 3.05) is 6.54 Å². The van der Waals surface area contributed by atoms with Gasteiger partial charge >= 0.3 is 0 Å². The van der Waals surface area contributed by atoms with Crippen LogP contribution in [0.5, 0.6) is 0 Å². The second kappa shape index (κ2) is 5.10. The number of likely N-dealkylation sites (N-methyl/N-ethyl adjacent to an activating group) is 1. The molecule has 80 valence electrons. The number of hydrogen-bond donors (Lipinski definition) is 1. The van der Waals surface area contributed by atoms with Gasteiger partial charge < -0.3 is 9.88 Å². The predicted octanol–water partition coefficient (Wildman–Crippen LogP) is 1.40. The molecule has 0 saturated heterocycles. The minimum atomic E-state index is 0.439. The van der Waals surface area contributed by atoms with E-state index in [9.17, 15) is 0 Å². The van der Waals surface area contributed by atoms with Gasteiger partial charge in [0.1, 0.15) is 12.2 Å². The quantitative estimate of drug-likeness (QED) is 0.774. The van der Waals surface area contributed by atoms with Crippen LogP contribution in [0.15, 0.2) is 6.33 Å². The summed E-state index contributed by atoms with van der Waals surface area (Å²) in [5, 5.41) is 11.4. The highest BCUT2D eigenvalue weighted by Gasteiger charge is 2.10. The molecule has 0 bridgehead atoms. The first-order valence-corrected chi connectivity index (χ1v) is 5.26. The summed E-state index contributed by atoms with van der Waals surface area (Å²) in [4.78, 5) is 0. The molecule has 0 aromatic carbocycles. The van der Waals surface area contributed by atoms with Crippen LogP contribution in [0, 0.1) is 0 Å². The molecule has 0 radical (unpaired) electrons. The molecular formula is C10H20N4. The van der Waals surface area contributed by atoms with Gasteiger partial charge in [-0.2, -0.15) is 0 Å². The van der Waals surface area contributed by atoms with Crippen LogP contribution in [0.2, 0.25) is 0 Å². The van der Waals surface area contributed by atoms with Gasteiger partial charge in [0.15, 0.2) is 0 Å². The van der Waals surface area contributed by atoms with E-state index in [0.717, 1.165) is 18.8 Å². The first-order valence-electron chi connectivity index (χ1n) is 5.26. The van der Waals surface area contributed by atoms with E-state index in [1.54, 1.807) is 6.33 Å². The minimum Gasteiger partial charge on any atom is -0.315 e. The van der Waals surface area contributed by atoms with Crippen LogP contribution in [-0.4, -0.2) is 27.4 Å². The fourth-order valence-electron chi connectivity index (χ4n) is 1.54. The normalized spacial score (nSPS) is 13.5. The Bertz CT molecular complexity index is 267. The van der Waals surface area contributed by atoms with E-state index < -0.39 is 0 Å². The summed E-state index contributed by atoms with van der Waals surface area (Å²) in [5.41, 5.74) is 0. The Morgan fingerprint density at radius 1 is 1.43 bits per heavy atom. The van der Waals surface area contributed by atoms with Crippen molar-refractivity contribution in [2.24, 2.45) is 0 Å². The monoisotopic (exact) mass is 196 g/mol. The second-order valence-electron chi connectivity index (χ2n) is 3.91. The lowest BCUT2D eigenvalue weighted by Crippen LogP contribution is -2.29. The molecule has 14 heavy (non-hydrogen) atoms. The maximum absolute atomic E-state index is 4.13. The molecule has 4 nitrogen and oxygen atoms in total. The van der Waals surface area contributed by atoms with Crippen molar-refractivity contribution < 1.29 is 0 Å². The predicted molar refractivity (Wildman–Crippen MR) is 57.2 cm³/mol. The lowest BCUT2D eigenvalue weighted by atomic mass is 10.2. The van der Waals surface area contributed by atoms with Gasteiger partial charge in [-0.25, -0.2) is 0 Å². The van der Waals surface area contributed by atoms with Gasteiger partial charge in [-0.1, -0.05) is 6.92 Å². The zero-order chi connectivity index (χ0) is 10.6. The van der Waals surface area contributed by atoms with E-state index in [4.69, 9.17) is 0 Å². The highest BCUT2D eigenvalue weighted by Crippen LogP contribution is 2.08. The smallest absolute Gasteiger partial charge is 0.134 e. The molecule has 1 heterocycles. The molecule has 1 aromatic heterocycles. The van der Waals surface area contributed by atoms with Crippen LogP contribution < -0.4 is 5.32 Å². The standard InChI is InChI=1S/C10H20N4/c1-5-11-9(4)6-10-13-12-7-14(10)8(2)3/h7-9,11H,5-6H2,1-4H3. The van der Waals surface area contributed by atoms with E-state index in [1.165, 1.54) is 0 Å². The summed E-state index contributed by atoms with van der Waals surface area (Å²) in [7, 11) is 0. The van der Waals surface area contributed by atoms with Crippen LogP contribution in [0.3, 0.4) is 0 Å². The van der Waals surface area contributed by atoms with Gasteiger partial charge in [-0.3, -0.25) is 0 Å². The average Bonchev–Trinajstić information content (AvgIpc) is 2.52. The van der Waals surface area contributed by atoms with Crippen molar-refractivity contribution in [3.05, 3.63) is 12.2 Å². The molecule has 0 aliphatic carbocycles. The van der Waals surface area contributed by atoms with E-state index >= 15 is 0 Å². The summed E-state index contributed by atoms with van der Waals surface area (Å²) < 4.78 is 2.12. The summed E-state index contributed by atoms with van der Waals surface area (Å²) in [5.74, 6) is 1.06. The Balaban J connectivity index is 2.61. The maximum atomic E-state index is 4.13. The molecule has 1 rings (SSSR count). The number of hydrogen-bond acceptors (Lipinski definition) is 3. The van der Waals surface area contributed by atoms with Gasteiger partial charge in [-0.05, 0) is 27.3 Å². The first-order chi connectivity index (χ1) is 6.65. The molecule has 0 aliphatic rings. The van der Waals surface area contributed by atoms with Crippen LogP contribution in [0.1, 0.15) is 39.6 Å². The molecule has 1 atom stereocenters. The Morgan fingerprint density at radius 3 is 2.71 bits per heavy atom. The first kappa shape index (κ1) is 11.2. The molecule has 0 aliphatic heterocycles. The molecule has 0 saturated carbocycles. The fourth-order valence-corrected chi connectivity index (χ4v) is 1.54. The number of nitrogens with one attached hydrogen (secondary N) is 1. The van der Waals surface area contributed by atoms with Crippen molar-refractivity contribution in [3.8, 4) is 0 Å². The third-order valence-electron chi connectivity index (χ3n) is 2.24. The van der Waals surface area contributed by atoms with Crippen molar-refractivity contribution in [1.29, 1.82) is 0 Å². The van der Waals surface area contributed by atoms with E-state index in [0.29, 0.717) is 12.1 Å². The third kappa shape index (κ3) is 2.80. The van der Waals surface area contributed by atoms with Crippen LogP contribution >= 0.6 is 0 Å². The zero-order valence-corrected chi connectivity index (χ0v) is 9.49. The molecular weight excluding hydrogens is 176 g/mol. The van der Waals surface area contributed by atoms with Gasteiger partial charge in [0.25, 0.3) is 0 Å². The van der Waals surface area contributed by atoms with Crippen LogP contribution in [0.25, 0.3) is 0 Å². The molecule has 1 N–H and O–H groups in total. The van der Waals surface area contributed by atoms with Gasteiger partial charge in [0.2, 0.25) is 0 Å². The highest BCUT2D eigenvalue weighted by molar-refractivity contribution is 4.91. The number of rotatable bonds is 5. The number of aromatic nitrogens is 3. The Morgan fingerprint density at radius 2 is 2.14 bits per heavy atom. The summed E-state index contributed by atoms with van der Waals surface area (Å²) in [6.45, 7) is 9.57. The SMILES string of the molecule is CCNC(C)Cc1nncn1C(C)C. The molecule has 0 amide bonds. The Labute approximate surface area is 85.7 Å². The zero-order valence-electron chi connectivity index (χ0n) is 9.49. The Hall–Kier alpha value is -0.900. The molecule has 4 heteroatoms. The average molecular weight is 196 g/mol. The largest absolute Gasteiger partial charge is 0.315 e. The van der Waals surface area contributed by atoms with Crippen LogP contribution in [-0.2, 0) is 6.42 Å². The van der Waals surface area contributed by atoms with Gasteiger partial charge in [0.05, 0.1) is 0 Å². The van der Waals surface area contributed by atoms with Crippen molar-refractivity contribution in [1.82, 2.24) is 20.1 Å². The van der Waals surface area contributed by atoms with Gasteiger partial charge in [-0.15, -0.1) is 10.2 Å². The van der Waals surface area contributed by atoms with E-state index in [1.807, 2.05) is 0 Å². The van der Waals surface area contributed by atoms with Gasteiger partial charge in [0, 0.05) is 18.5 Å². The summed E-state index contributed by atoms with van der Waals surface area (Å²) >= 11 is 0. The fraction of sp³-hybridized carbons (Fsp3) is 0.800. The summed E-state index contributed by atoms with van der Waals surface area (Å²) in [6, 6.07) is 0.899. The van der Waals surface area contributed by atoms with Crippen molar-refractivity contribution in [2.45, 2.75) is 46.2 Å². The lowest BCUT2D eigenvalue weighted by Gasteiger charge is -2.14.